The number of esters is 1. The fraction of sp³-hybridized carbons (Fsp3) is 0.214. The first-order chi connectivity index (χ1) is 10.4. The minimum atomic E-state index is -0.647. The number of carbonyl (C=O) groups excluding carboxylic acids is 2. The molecule has 1 aromatic carbocycles. The topological polar surface area (TPSA) is 68.3 Å². The maximum Gasteiger partial charge on any atom is 0.350 e. The molecule has 0 saturated heterocycles. The van der Waals surface area contributed by atoms with E-state index >= 15 is 0 Å². The van der Waals surface area contributed by atoms with Crippen molar-refractivity contribution in [3.8, 4) is 0 Å². The molecule has 5 nitrogen and oxygen atoms in total. The summed E-state index contributed by atoms with van der Waals surface area (Å²) in [6.07, 6.45) is 0. The third-order valence-electron chi connectivity index (χ3n) is 2.65. The molecule has 22 heavy (non-hydrogen) atoms. The fourth-order valence-corrected chi connectivity index (χ4v) is 2.86. The van der Waals surface area contributed by atoms with E-state index in [1.165, 1.54) is 12.1 Å². The highest BCUT2D eigenvalue weighted by Crippen LogP contribution is 2.24. The predicted octanol–water partition coefficient (Wildman–Crippen LogP) is 3.78. The van der Waals surface area contributed by atoms with Crippen LogP contribution in [0.1, 0.15) is 32.6 Å². The van der Waals surface area contributed by atoms with Crippen LogP contribution in [0.25, 0.3) is 0 Å². The van der Waals surface area contributed by atoms with Crippen LogP contribution in [0.2, 0.25) is 0 Å². The Bertz CT molecular complexity index is 733. The van der Waals surface area contributed by atoms with Gasteiger partial charge in [-0.3, -0.25) is 10.1 Å². The highest BCUT2D eigenvalue weighted by Gasteiger charge is 2.19. The zero-order valence-electron chi connectivity index (χ0n) is 11.8. The molecule has 1 aromatic heterocycles. The van der Waals surface area contributed by atoms with Crippen LogP contribution in [0, 0.1) is 12.7 Å². The summed E-state index contributed by atoms with van der Waals surface area (Å²) in [6.45, 7) is 3.59. The summed E-state index contributed by atoms with van der Waals surface area (Å²) in [4.78, 5) is 28.1. The van der Waals surface area contributed by atoms with Crippen molar-refractivity contribution in [1.29, 1.82) is 0 Å². The number of halogens is 2. The molecule has 1 amide bonds. The van der Waals surface area contributed by atoms with Crippen molar-refractivity contribution >= 4 is 44.3 Å². The first-order valence-corrected chi connectivity index (χ1v) is 7.94. The Labute approximate surface area is 138 Å². The monoisotopic (exact) mass is 386 g/mol. The number of benzene rings is 1. The lowest BCUT2D eigenvalue weighted by molar-refractivity contribution is 0.0531. The normalized spacial score (nSPS) is 10.4. The molecule has 0 atom stereocenters. The molecular formula is C14H12BrFN2O3S. The van der Waals surface area contributed by atoms with Crippen LogP contribution in [-0.4, -0.2) is 23.5 Å². The smallest absolute Gasteiger partial charge is 0.350 e. The van der Waals surface area contributed by atoms with Gasteiger partial charge in [-0.05, 0) is 32.0 Å². The molecule has 0 aliphatic rings. The van der Waals surface area contributed by atoms with Gasteiger partial charge in [-0.15, -0.1) is 0 Å². The molecule has 0 spiro atoms. The van der Waals surface area contributed by atoms with Gasteiger partial charge in [0.1, 0.15) is 10.7 Å². The fourth-order valence-electron chi connectivity index (χ4n) is 1.67. The second-order valence-electron chi connectivity index (χ2n) is 4.23. The molecule has 116 valence electrons. The number of hydrogen-bond donors (Lipinski definition) is 1. The number of ether oxygens (including phenoxy) is 1. The van der Waals surface area contributed by atoms with Crippen molar-refractivity contribution in [2.45, 2.75) is 13.8 Å². The van der Waals surface area contributed by atoms with E-state index in [0.29, 0.717) is 15.0 Å². The number of aryl methyl sites for hydroxylation is 1. The van der Waals surface area contributed by atoms with Crippen molar-refractivity contribution in [2.75, 3.05) is 11.9 Å². The molecule has 0 radical (unpaired) electrons. The molecule has 2 aromatic rings. The van der Waals surface area contributed by atoms with Gasteiger partial charge in [0.25, 0.3) is 5.91 Å². The Kier molecular flexibility index (Phi) is 5.25. The van der Waals surface area contributed by atoms with Crippen LogP contribution in [0.4, 0.5) is 9.52 Å². The molecule has 8 heteroatoms. The van der Waals surface area contributed by atoms with E-state index in [4.69, 9.17) is 4.74 Å². The number of amides is 1. The van der Waals surface area contributed by atoms with E-state index in [2.05, 4.69) is 26.2 Å². The summed E-state index contributed by atoms with van der Waals surface area (Å²) in [7, 11) is 0. The first-order valence-electron chi connectivity index (χ1n) is 6.33. The van der Waals surface area contributed by atoms with Crippen molar-refractivity contribution in [3.63, 3.8) is 0 Å². The molecule has 0 aliphatic heterocycles. The van der Waals surface area contributed by atoms with Gasteiger partial charge in [0.15, 0.2) is 5.13 Å². The van der Waals surface area contributed by atoms with Crippen molar-refractivity contribution < 1.29 is 18.7 Å². The van der Waals surface area contributed by atoms with Crippen molar-refractivity contribution in [3.05, 3.63) is 44.6 Å². The highest BCUT2D eigenvalue weighted by atomic mass is 79.9. The highest BCUT2D eigenvalue weighted by molar-refractivity contribution is 9.10. The lowest BCUT2D eigenvalue weighted by atomic mass is 10.2. The minimum absolute atomic E-state index is 0.103. The number of thiazole rings is 1. The summed E-state index contributed by atoms with van der Waals surface area (Å²) < 4.78 is 19.2. The maximum absolute atomic E-state index is 13.7. The third kappa shape index (κ3) is 3.69. The quantitative estimate of drug-likeness (QED) is 0.811. The van der Waals surface area contributed by atoms with Gasteiger partial charge in [0.05, 0.1) is 17.9 Å². The Balaban J connectivity index is 2.18. The number of nitrogens with one attached hydrogen (secondary N) is 1. The van der Waals surface area contributed by atoms with E-state index in [1.54, 1.807) is 19.9 Å². The van der Waals surface area contributed by atoms with Gasteiger partial charge >= 0.3 is 5.97 Å². The Morgan fingerprint density at radius 2 is 2.18 bits per heavy atom. The minimum Gasteiger partial charge on any atom is -0.462 e. The molecule has 1 heterocycles. The second kappa shape index (κ2) is 6.97. The summed E-state index contributed by atoms with van der Waals surface area (Å²) in [5, 5.41) is 2.70. The van der Waals surface area contributed by atoms with E-state index < -0.39 is 17.7 Å². The molecule has 0 saturated carbocycles. The third-order valence-corrected chi connectivity index (χ3v) is 4.20. The maximum atomic E-state index is 13.7. The molecule has 2 rings (SSSR count). The lowest BCUT2D eigenvalue weighted by Gasteiger charge is -2.03. The average Bonchev–Trinajstić information content (AvgIpc) is 2.79. The number of aromatic nitrogens is 1. The van der Waals surface area contributed by atoms with Crippen LogP contribution in [-0.2, 0) is 4.74 Å². The van der Waals surface area contributed by atoms with Crippen molar-refractivity contribution in [1.82, 2.24) is 4.98 Å². The molecule has 0 aliphatic carbocycles. The average molecular weight is 387 g/mol. The van der Waals surface area contributed by atoms with E-state index in [0.717, 1.165) is 11.3 Å². The largest absolute Gasteiger partial charge is 0.462 e. The summed E-state index contributed by atoms with van der Waals surface area (Å²) in [5.74, 6) is -1.77. The van der Waals surface area contributed by atoms with E-state index in [-0.39, 0.29) is 17.3 Å². The number of carbonyl (C=O) groups is 2. The number of rotatable bonds is 4. The first kappa shape index (κ1) is 16.6. The van der Waals surface area contributed by atoms with E-state index in [1.807, 2.05) is 0 Å². The van der Waals surface area contributed by atoms with E-state index in [9.17, 15) is 14.0 Å². The van der Waals surface area contributed by atoms with Gasteiger partial charge in [-0.2, -0.15) is 0 Å². The van der Waals surface area contributed by atoms with Crippen LogP contribution >= 0.6 is 27.3 Å². The number of hydrogen-bond acceptors (Lipinski definition) is 5. The SMILES string of the molecule is CCOC(=O)c1sc(NC(=O)c2ccc(Br)cc2F)nc1C. The van der Waals surface area contributed by atoms with Gasteiger partial charge in [0.2, 0.25) is 0 Å². The zero-order valence-corrected chi connectivity index (χ0v) is 14.2. The van der Waals surface area contributed by atoms with Gasteiger partial charge in [0, 0.05) is 4.47 Å². The molecule has 0 fully saturated rings. The molecular weight excluding hydrogens is 375 g/mol. The van der Waals surface area contributed by atoms with Crippen LogP contribution < -0.4 is 5.32 Å². The lowest BCUT2D eigenvalue weighted by Crippen LogP contribution is -2.13. The Hall–Kier alpha value is -1.80. The molecule has 0 bridgehead atoms. The number of anilines is 1. The van der Waals surface area contributed by atoms with Crippen LogP contribution in [0.15, 0.2) is 22.7 Å². The summed E-state index contributed by atoms with van der Waals surface area (Å²) in [6, 6.07) is 4.13. The van der Waals surface area contributed by atoms with Gasteiger partial charge < -0.3 is 4.74 Å². The molecule has 1 N–H and O–H groups in total. The van der Waals surface area contributed by atoms with Gasteiger partial charge in [-0.25, -0.2) is 14.2 Å². The van der Waals surface area contributed by atoms with Crippen molar-refractivity contribution in [2.24, 2.45) is 0 Å². The second-order valence-corrected chi connectivity index (χ2v) is 6.15. The summed E-state index contributed by atoms with van der Waals surface area (Å²) >= 11 is 4.11. The van der Waals surface area contributed by atoms with Gasteiger partial charge in [-0.1, -0.05) is 27.3 Å². The summed E-state index contributed by atoms with van der Waals surface area (Å²) in [5.41, 5.74) is 0.351. The molecule has 0 unspecified atom stereocenters. The predicted molar refractivity (Wildman–Crippen MR) is 84.9 cm³/mol. The van der Waals surface area contributed by atoms with Crippen LogP contribution in [0.3, 0.4) is 0 Å². The standard InChI is InChI=1S/C14H12BrFN2O3S/c1-3-21-13(20)11-7(2)17-14(22-11)18-12(19)9-5-4-8(15)6-10(9)16/h4-6H,3H2,1-2H3,(H,17,18,19). The Morgan fingerprint density at radius 1 is 1.45 bits per heavy atom. The van der Waals surface area contributed by atoms with Crippen LogP contribution in [0.5, 0.6) is 0 Å². The number of nitrogens with zero attached hydrogens (tertiary/aromatic N) is 1. The zero-order chi connectivity index (χ0) is 16.3. The Morgan fingerprint density at radius 3 is 2.82 bits per heavy atom.